The molecule has 112 valence electrons. The fourth-order valence-electron chi connectivity index (χ4n) is 2.45. The van der Waals surface area contributed by atoms with E-state index in [1.807, 2.05) is 30.3 Å². The lowest BCUT2D eigenvalue weighted by Gasteiger charge is -2.32. The lowest BCUT2D eigenvalue weighted by molar-refractivity contribution is 0.270. The van der Waals surface area contributed by atoms with Crippen LogP contribution in [0.4, 0.5) is 4.39 Å². The van der Waals surface area contributed by atoms with Gasteiger partial charge in [-0.1, -0.05) is 73.1 Å². The van der Waals surface area contributed by atoms with E-state index >= 15 is 0 Å². The molecule has 1 N–H and O–H groups in total. The van der Waals surface area contributed by atoms with Gasteiger partial charge < -0.3 is 5.32 Å². The number of nitrogens with one attached hydrogen (secondary N) is 1. The van der Waals surface area contributed by atoms with E-state index in [2.05, 4.69) is 54.2 Å². The molecular formula is C18H21BrFN. The van der Waals surface area contributed by atoms with Gasteiger partial charge in [0.1, 0.15) is 5.82 Å². The monoisotopic (exact) mass is 349 g/mol. The van der Waals surface area contributed by atoms with Crippen molar-refractivity contribution in [3.8, 4) is 0 Å². The molecular weight excluding hydrogens is 329 g/mol. The molecule has 2 rings (SSSR count). The van der Waals surface area contributed by atoms with Crippen LogP contribution in [0.15, 0.2) is 53.0 Å². The van der Waals surface area contributed by atoms with Crippen LogP contribution < -0.4 is 5.32 Å². The van der Waals surface area contributed by atoms with Crippen molar-refractivity contribution < 1.29 is 4.39 Å². The molecule has 0 spiro atoms. The average Bonchev–Trinajstić information content (AvgIpc) is 2.41. The van der Waals surface area contributed by atoms with E-state index in [4.69, 9.17) is 0 Å². The first-order chi connectivity index (χ1) is 9.88. The van der Waals surface area contributed by atoms with Gasteiger partial charge >= 0.3 is 0 Å². The molecule has 0 bridgehead atoms. The largest absolute Gasteiger partial charge is 0.305 e. The van der Waals surface area contributed by atoms with E-state index in [-0.39, 0.29) is 17.3 Å². The number of rotatable bonds is 4. The number of hydrogen-bond donors (Lipinski definition) is 1. The lowest BCUT2D eigenvalue weighted by atomic mass is 9.82. The Morgan fingerprint density at radius 1 is 1.10 bits per heavy atom. The first-order valence-corrected chi connectivity index (χ1v) is 7.89. The third-order valence-electron chi connectivity index (χ3n) is 3.51. The highest BCUT2D eigenvalue weighted by Crippen LogP contribution is 2.33. The van der Waals surface area contributed by atoms with Crippen LogP contribution in [-0.2, 0) is 6.54 Å². The summed E-state index contributed by atoms with van der Waals surface area (Å²) in [5.74, 6) is -0.183. The molecule has 1 nitrogen and oxygen atoms in total. The molecule has 0 heterocycles. The van der Waals surface area contributed by atoms with Crippen LogP contribution in [0.1, 0.15) is 37.9 Å². The molecule has 0 aliphatic carbocycles. The molecule has 1 atom stereocenters. The van der Waals surface area contributed by atoms with Crippen LogP contribution in [0.25, 0.3) is 0 Å². The Balaban J connectivity index is 2.17. The molecule has 0 saturated heterocycles. The maximum absolute atomic E-state index is 13.9. The molecule has 0 fully saturated rings. The molecule has 0 saturated carbocycles. The van der Waals surface area contributed by atoms with E-state index in [9.17, 15) is 4.39 Å². The minimum atomic E-state index is -0.183. The second-order valence-electron chi connectivity index (χ2n) is 6.33. The Hall–Kier alpha value is -1.19. The van der Waals surface area contributed by atoms with Crippen molar-refractivity contribution in [3.05, 3.63) is 69.9 Å². The highest BCUT2D eigenvalue weighted by atomic mass is 79.9. The Kier molecular flexibility index (Phi) is 5.17. The Morgan fingerprint density at radius 3 is 2.33 bits per heavy atom. The highest BCUT2D eigenvalue weighted by Gasteiger charge is 2.25. The first kappa shape index (κ1) is 16.2. The molecule has 0 aliphatic rings. The summed E-state index contributed by atoms with van der Waals surface area (Å²) < 4.78 is 14.7. The van der Waals surface area contributed by atoms with Crippen molar-refractivity contribution in [2.24, 2.45) is 5.41 Å². The quantitative estimate of drug-likeness (QED) is 0.772. The summed E-state index contributed by atoms with van der Waals surface area (Å²) in [4.78, 5) is 0. The van der Waals surface area contributed by atoms with Gasteiger partial charge in [0, 0.05) is 22.6 Å². The van der Waals surface area contributed by atoms with Gasteiger partial charge in [-0.3, -0.25) is 0 Å². The zero-order chi connectivity index (χ0) is 15.5. The van der Waals surface area contributed by atoms with Gasteiger partial charge in [-0.15, -0.1) is 0 Å². The minimum Gasteiger partial charge on any atom is -0.305 e. The van der Waals surface area contributed by atoms with E-state index < -0.39 is 0 Å². The summed E-state index contributed by atoms with van der Waals surface area (Å²) in [5.41, 5.74) is 1.96. The molecule has 3 heteroatoms. The van der Waals surface area contributed by atoms with Crippen molar-refractivity contribution in [1.82, 2.24) is 5.32 Å². The predicted octanol–water partition coefficient (Wildman–Crippen LogP) is 5.47. The van der Waals surface area contributed by atoms with Crippen LogP contribution in [0.3, 0.4) is 0 Å². The van der Waals surface area contributed by atoms with Crippen molar-refractivity contribution in [2.45, 2.75) is 33.4 Å². The van der Waals surface area contributed by atoms with E-state index in [0.717, 1.165) is 4.47 Å². The van der Waals surface area contributed by atoms with Crippen LogP contribution in [0.5, 0.6) is 0 Å². The summed E-state index contributed by atoms with van der Waals surface area (Å²) in [7, 11) is 0. The van der Waals surface area contributed by atoms with Crippen molar-refractivity contribution in [3.63, 3.8) is 0 Å². The molecule has 21 heavy (non-hydrogen) atoms. The van der Waals surface area contributed by atoms with E-state index in [1.165, 1.54) is 11.6 Å². The zero-order valence-corrected chi connectivity index (χ0v) is 14.2. The maximum Gasteiger partial charge on any atom is 0.128 e. The summed E-state index contributed by atoms with van der Waals surface area (Å²) in [6.07, 6.45) is 0. The number of benzene rings is 2. The van der Waals surface area contributed by atoms with Gasteiger partial charge in [-0.05, 0) is 23.1 Å². The van der Waals surface area contributed by atoms with Gasteiger partial charge in [0.05, 0.1) is 0 Å². The van der Waals surface area contributed by atoms with Gasteiger partial charge in [0.15, 0.2) is 0 Å². The van der Waals surface area contributed by atoms with Crippen molar-refractivity contribution >= 4 is 15.9 Å². The first-order valence-electron chi connectivity index (χ1n) is 7.10. The lowest BCUT2D eigenvalue weighted by Crippen LogP contribution is -2.32. The fraction of sp³-hybridized carbons (Fsp3) is 0.333. The van der Waals surface area contributed by atoms with Crippen LogP contribution in [0.2, 0.25) is 0 Å². The Bertz CT molecular complexity index is 590. The van der Waals surface area contributed by atoms with E-state index in [0.29, 0.717) is 12.1 Å². The van der Waals surface area contributed by atoms with Crippen molar-refractivity contribution in [1.29, 1.82) is 0 Å². The SMILES string of the molecule is CC(C)(C)C(NCc1ccc(Br)cc1F)c1ccccc1. The molecule has 2 aromatic rings. The summed E-state index contributed by atoms with van der Waals surface area (Å²) in [6, 6.07) is 15.7. The predicted molar refractivity (Wildman–Crippen MR) is 89.6 cm³/mol. The van der Waals surface area contributed by atoms with Crippen molar-refractivity contribution in [2.75, 3.05) is 0 Å². The number of halogens is 2. The van der Waals surface area contributed by atoms with Crippen LogP contribution in [-0.4, -0.2) is 0 Å². The third kappa shape index (κ3) is 4.39. The van der Waals surface area contributed by atoms with Gasteiger partial charge in [0.25, 0.3) is 0 Å². The molecule has 0 aromatic heterocycles. The van der Waals surface area contributed by atoms with Crippen LogP contribution >= 0.6 is 15.9 Å². The maximum atomic E-state index is 13.9. The molecule has 0 aliphatic heterocycles. The smallest absolute Gasteiger partial charge is 0.128 e. The molecule has 0 radical (unpaired) electrons. The summed E-state index contributed by atoms with van der Waals surface area (Å²) in [6.45, 7) is 7.08. The minimum absolute atomic E-state index is 0.0488. The molecule has 1 unspecified atom stereocenters. The average molecular weight is 350 g/mol. The molecule has 0 amide bonds. The Labute approximate surface area is 134 Å². The van der Waals surface area contributed by atoms with E-state index in [1.54, 1.807) is 0 Å². The van der Waals surface area contributed by atoms with Gasteiger partial charge in [0.2, 0.25) is 0 Å². The summed E-state index contributed by atoms with van der Waals surface area (Å²) in [5, 5.41) is 3.50. The van der Waals surface area contributed by atoms with Gasteiger partial charge in [-0.25, -0.2) is 4.39 Å². The second-order valence-corrected chi connectivity index (χ2v) is 7.24. The van der Waals surface area contributed by atoms with Crippen LogP contribution in [0, 0.1) is 11.2 Å². The number of hydrogen-bond acceptors (Lipinski definition) is 1. The highest BCUT2D eigenvalue weighted by molar-refractivity contribution is 9.10. The second kappa shape index (κ2) is 6.71. The fourth-order valence-corrected chi connectivity index (χ4v) is 2.78. The Morgan fingerprint density at radius 2 is 1.76 bits per heavy atom. The molecule has 2 aromatic carbocycles. The van der Waals surface area contributed by atoms with Gasteiger partial charge in [-0.2, -0.15) is 0 Å². The zero-order valence-electron chi connectivity index (χ0n) is 12.7. The normalized spacial score (nSPS) is 13.2. The summed E-state index contributed by atoms with van der Waals surface area (Å²) >= 11 is 3.28. The third-order valence-corrected chi connectivity index (χ3v) is 4.00. The standard InChI is InChI=1S/C18H21BrFN/c1-18(2,3)17(13-7-5-4-6-8-13)21-12-14-9-10-15(19)11-16(14)20/h4-11,17,21H,12H2,1-3H3. The topological polar surface area (TPSA) is 12.0 Å².